The molecule has 0 spiro atoms. The molecule has 1 aromatic carbocycles. The molecule has 0 unspecified atom stereocenters. The molecule has 4 nitrogen and oxygen atoms in total. The molecule has 0 saturated heterocycles. The predicted octanol–water partition coefficient (Wildman–Crippen LogP) is 1.44. The van der Waals surface area contributed by atoms with Gasteiger partial charge in [-0.3, -0.25) is 4.98 Å². The van der Waals surface area contributed by atoms with Gasteiger partial charge in [-0.2, -0.15) is 0 Å². The third-order valence-corrected chi connectivity index (χ3v) is 1.51. The fourth-order valence-electron chi connectivity index (χ4n) is 1.02. The summed E-state index contributed by atoms with van der Waals surface area (Å²) in [5.41, 5.74) is 1.06. The minimum atomic E-state index is -3.69. The Hall–Kier alpha value is -1.23. The second kappa shape index (κ2) is 5.49. The van der Waals surface area contributed by atoms with Crippen molar-refractivity contribution >= 4 is 10.9 Å². The van der Waals surface area contributed by atoms with E-state index >= 15 is 0 Å². The van der Waals surface area contributed by atoms with E-state index in [1.807, 2.05) is 30.5 Å². The molecule has 0 amide bonds. The maximum atomic E-state index is 8.67. The predicted molar refractivity (Wildman–Crippen MR) is 45.3 cm³/mol. The Labute approximate surface area is 85.6 Å². The maximum Gasteiger partial charge on any atom is 0.0701 e. The van der Waals surface area contributed by atoms with Gasteiger partial charge < -0.3 is 0 Å². The second-order valence-electron chi connectivity index (χ2n) is 2.43. The molecule has 2 aromatic rings. The van der Waals surface area contributed by atoms with E-state index in [1.165, 1.54) is 5.39 Å². The van der Waals surface area contributed by atoms with E-state index in [2.05, 4.69) is 17.1 Å². The Kier molecular flexibility index (Phi) is 4.26. The summed E-state index contributed by atoms with van der Waals surface area (Å²) in [4.78, 5) is 4.18. The molecule has 0 bridgehead atoms. The number of fused-ring (bicyclic) bond motifs is 1. The molecule has 0 aliphatic heterocycles. The summed E-state index contributed by atoms with van der Waals surface area (Å²) < 4.78 is 24.4. The van der Waals surface area contributed by atoms with Gasteiger partial charge in [0.2, 0.25) is 0 Å². The van der Waals surface area contributed by atoms with Crippen LogP contribution in [-0.2, 0) is 22.7 Å². The third kappa shape index (κ3) is 3.66. The van der Waals surface area contributed by atoms with Crippen molar-refractivity contribution in [1.29, 1.82) is 0 Å². The van der Waals surface area contributed by atoms with Crippen LogP contribution in [0.1, 0.15) is 0 Å². The van der Waals surface area contributed by atoms with E-state index < -0.39 is 15.4 Å². The quantitative estimate of drug-likeness (QED) is 0.742. The van der Waals surface area contributed by atoms with E-state index in [4.69, 9.17) is 11.4 Å². The molecule has 0 radical (unpaired) electrons. The monoisotopic (exact) mass is 229 g/mol. The van der Waals surface area contributed by atoms with Crippen LogP contribution in [0.4, 0.5) is 0 Å². The molecule has 0 aliphatic rings. The van der Waals surface area contributed by atoms with Gasteiger partial charge >= 0.3 is 26.8 Å². The van der Waals surface area contributed by atoms with Crippen molar-refractivity contribution in [2.75, 3.05) is 0 Å². The molecular weight excluding hydrogens is 221 g/mol. The molecule has 14 heavy (non-hydrogen) atoms. The maximum absolute atomic E-state index is 8.67. The summed E-state index contributed by atoms with van der Waals surface area (Å²) >= 11 is -3.69. The SMILES string of the molecule is [O]=[V](=[O])[OH].c1ccc2ncccc2c1. The van der Waals surface area contributed by atoms with Crippen molar-refractivity contribution in [2.24, 2.45) is 0 Å². The zero-order valence-corrected chi connectivity index (χ0v) is 8.60. The Morgan fingerprint density at radius 3 is 2.29 bits per heavy atom. The summed E-state index contributed by atoms with van der Waals surface area (Å²) in [6, 6.07) is 12.1. The third-order valence-electron chi connectivity index (χ3n) is 1.51. The zero-order chi connectivity index (χ0) is 10.4. The Bertz CT molecular complexity index is 409. The van der Waals surface area contributed by atoms with Crippen LogP contribution in [0, 0.1) is 0 Å². The molecule has 0 atom stereocenters. The van der Waals surface area contributed by atoms with Crippen LogP contribution < -0.4 is 0 Å². The van der Waals surface area contributed by atoms with Crippen LogP contribution in [0.3, 0.4) is 0 Å². The standard InChI is InChI=1S/C9H7N.H2O.2O.V/c1-2-6-9-8(4-1)5-3-7-10-9;;;;/h1-7H;1H2;;;/q;;;;+1/p-1. The van der Waals surface area contributed by atoms with E-state index in [1.54, 1.807) is 0 Å². The molecule has 0 aliphatic carbocycles. The first-order valence-corrected chi connectivity index (χ1v) is 5.59. The summed E-state index contributed by atoms with van der Waals surface area (Å²) in [5, 5.41) is 1.20. The van der Waals surface area contributed by atoms with E-state index in [0.717, 1.165) is 5.52 Å². The number of rotatable bonds is 0. The van der Waals surface area contributed by atoms with Crippen molar-refractivity contribution in [1.82, 2.24) is 4.98 Å². The van der Waals surface area contributed by atoms with Crippen molar-refractivity contribution in [3.05, 3.63) is 42.6 Å². The van der Waals surface area contributed by atoms with Gasteiger partial charge in [0.25, 0.3) is 0 Å². The minimum Gasteiger partial charge on any atom is -0.256 e. The first-order valence-electron chi connectivity index (χ1n) is 3.83. The van der Waals surface area contributed by atoms with Crippen LogP contribution in [-0.4, -0.2) is 9.02 Å². The van der Waals surface area contributed by atoms with Gasteiger partial charge in [0.15, 0.2) is 0 Å². The van der Waals surface area contributed by atoms with Crippen molar-refractivity contribution in [3.8, 4) is 0 Å². The fourth-order valence-corrected chi connectivity index (χ4v) is 1.02. The van der Waals surface area contributed by atoms with Crippen LogP contribution in [0.5, 0.6) is 0 Å². The average molecular weight is 229 g/mol. The first-order chi connectivity index (χ1) is 6.70. The van der Waals surface area contributed by atoms with Crippen LogP contribution >= 0.6 is 0 Å². The van der Waals surface area contributed by atoms with Gasteiger partial charge in [-0.25, -0.2) is 0 Å². The topological polar surface area (TPSA) is 67.3 Å². The molecule has 1 N–H and O–H groups in total. The second-order valence-corrected chi connectivity index (χ2v) is 3.18. The average Bonchev–Trinajstić information content (AvgIpc) is 2.17. The van der Waals surface area contributed by atoms with Gasteiger partial charge in [-0.15, -0.1) is 0 Å². The largest absolute Gasteiger partial charge is 0.256 e. The van der Waals surface area contributed by atoms with Gasteiger partial charge in [0.1, 0.15) is 0 Å². The number of pyridine rings is 1. The Balaban J connectivity index is 0.000000213. The Morgan fingerprint density at radius 2 is 1.64 bits per heavy atom. The number of benzene rings is 1. The van der Waals surface area contributed by atoms with Crippen LogP contribution in [0.15, 0.2) is 42.6 Å². The van der Waals surface area contributed by atoms with Gasteiger partial charge in [0.05, 0.1) is 5.52 Å². The van der Waals surface area contributed by atoms with Crippen molar-refractivity contribution in [2.45, 2.75) is 0 Å². The Morgan fingerprint density at radius 1 is 1.07 bits per heavy atom. The normalized spacial score (nSPS) is 8.93. The molecule has 2 rings (SSSR count). The molecule has 5 heteroatoms. The zero-order valence-electron chi connectivity index (χ0n) is 7.20. The van der Waals surface area contributed by atoms with Crippen molar-refractivity contribution < 1.29 is 26.8 Å². The number of nitrogens with zero attached hydrogens (tertiary/aromatic N) is 1. The summed E-state index contributed by atoms with van der Waals surface area (Å²) in [6.45, 7) is 0. The van der Waals surface area contributed by atoms with E-state index in [9.17, 15) is 0 Å². The van der Waals surface area contributed by atoms with Crippen molar-refractivity contribution in [3.63, 3.8) is 0 Å². The molecule has 72 valence electrons. The molecule has 1 heterocycles. The smallest absolute Gasteiger partial charge is 0.0701 e. The number of para-hydroxylation sites is 1. The molecule has 0 fully saturated rings. The molecular formula is C9H8NO3V. The van der Waals surface area contributed by atoms with Gasteiger partial charge in [-0.1, -0.05) is 24.3 Å². The van der Waals surface area contributed by atoms with Crippen LogP contribution in [0.25, 0.3) is 10.9 Å². The molecule has 1 aromatic heterocycles. The first kappa shape index (κ1) is 10.9. The summed E-state index contributed by atoms with van der Waals surface area (Å²) in [5.74, 6) is 0. The fraction of sp³-hybridized carbons (Fsp3) is 0. The van der Waals surface area contributed by atoms with E-state index in [-0.39, 0.29) is 0 Å². The minimum absolute atomic E-state index is 1.06. The summed E-state index contributed by atoms with van der Waals surface area (Å²) in [6.07, 6.45) is 1.81. The van der Waals surface area contributed by atoms with Gasteiger partial charge in [-0.05, 0) is 12.1 Å². The summed E-state index contributed by atoms with van der Waals surface area (Å²) in [7, 11) is 0. The van der Waals surface area contributed by atoms with Gasteiger partial charge in [0, 0.05) is 11.6 Å². The van der Waals surface area contributed by atoms with E-state index in [0.29, 0.717) is 0 Å². The van der Waals surface area contributed by atoms with Crippen LogP contribution in [0.2, 0.25) is 0 Å². The number of hydrogen-bond donors (Lipinski definition) is 1. The number of aromatic nitrogens is 1. The number of hydrogen-bond acceptors (Lipinski definition) is 3. The molecule has 0 saturated carbocycles.